The second-order valence-corrected chi connectivity index (χ2v) is 15.3. The molecule has 0 heterocycles. The van der Waals surface area contributed by atoms with Gasteiger partial charge in [0, 0.05) is 19.4 Å². The van der Waals surface area contributed by atoms with E-state index in [1.807, 2.05) is 0 Å². The fourth-order valence-electron chi connectivity index (χ4n) is 6.55. The first-order valence-corrected chi connectivity index (χ1v) is 22.9. The van der Waals surface area contributed by atoms with Crippen molar-refractivity contribution in [3.63, 3.8) is 0 Å². The van der Waals surface area contributed by atoms with Crippen LogP contribution < -0.4 is 0 Å². The van der Waals surface area contributed by atoms with Gasteiger partial charge < -0.3 is 14.2 Å². The molecule has 0 aromatic carbocycles. The summed E-state index contributed by atoms with van der Waals surface area (Å²) in [6.45, 7) is 7.77. The third kappa shape index (κ3) is 41.1. The van der Waals surface area contributed by atoms with Gasteiger partial charge in [-0.15, -0.1) is 0 Å². The molecule has 1 unspecified atom stereocenters. The van der Waals surface area contributed by atoms with Crippen molar-refractivity contribution >= 4 is 11.9 Å². The quantitative estimate of drug-likeness (QED) is 0.0355. The number of allylic oxidation sites excluding steroid dienone is 4. The molecule has 0 aromatic heterocycles. The molecule has 0 bridgehead atoms. The maximum atomic E-state index is 12.7. The summed E-state index contributed by atoms with van der Waals surface area (Å²) in [5.74, 6) is -0.403. The minimum Gasteiger partial charge on any atom is -0.462 e. The number of esters is 2. The van der Waals surface area contributed by atoms with Crippen molar-refractivity contribution in [2.24, 2.45) is 0 Å². The monoisotopic (exact) mass is 733 g/mol. The Morgan fingerprint density at radius 3 is 1.35 bits per heavy atom. The molecule has 0 saturated heterocycles. The van der Waals surface area contributed by atoms with Crippen LogP contribution in [-0.4, -0.2) is 37.9 Å². The highest BCUT2D eigenvalue weighted by Crippen LogP contribution is 2.15. The number of carbonyl (C=O) groups is 2. The van der Waals surface area contributed by atoms with Gasteiger partial charge in [-0.05, 0) is 44.9 Å². The molecule has 1 atom stereocenters. The molecule has 0 radical (unpaired) electrons. The van der Waals surface area contributed by atoms with Gasteiger partial charge in [-0.2, -0.15) is 0 Å². The Labute approximate surface area is 324 Å². The van der Waals surface area contributed by atoms with E-state index in [4.69, 9.17) is 14.2 Å². The molecule has 0 spiro atoms. The van der Waals surface area contributed by atoms with E-state index in [1.165, 1.54) is 154 Å². The second kappa shape index (κ2) is 43.8. The van der Waals surface area contributed by atoms with Crippen molar-refractivity contribution in [3.05, 3.63) is 24.3 Å². The lowest BCUT2D eigenvalue weighted by atomic mass is 10.1. The molecule has 0 rings (SSSR count). The lowest BCUT2D eigenvalue weighted by Gasteiger charge is -2.18. The van der Waals surface area contributed by atoms with Gasteiger partial charge in [0.2, 0.25) is 0 Å². The SMILES string of the molecule is CCC/C=C\C/C=C\CCCCCCCC(=O)OCC(COCCCCCCCCCCCCCC)OC(=O)CCCCCCCCCCCCC. The van der Waals surface area contributed by atoms with E-state index in [9.17, 15) is 9.59 Å². The third-order valence-corrected chi connectivity index (χ3v) is 9.97. The van der Waals surface area contributed by atoms with Crippen LogP contribution in [0.3, 0.4) is 0 Å². The largest absolute Gasteiger partial charge is 0.462 e. The van der Waals surface area contributed by atoms with Crippen LogP contribution in [0, 0.1) is 0 Å². The van der Waals surface area contributed by atoms with Crippen LogP contribution in [-0.2, 0) is 23.8 Å². The summed E-state index contributed by atoms with van der Waals surface area (Å²) in [5, 5.41) is 0. The third-order valence-electron chi connectivity index (χ3n) is 9.97. The molecule has 0 aliphatic carbocycles. The molecule has 0 fully saturated rings. The average molecular weight is 733 g/mol. The van der Waals surface area contributed by atoms with Gasteiger partial charge in [0.25, 0.3) is 0 Å². The molecule has 0 aliphatic heterocycles. The summed E-state index contributed by atoms with van der Waals surface area (Å²) >= 11 is 0. The first kappa shape index (κ1) is 50.4. The van der Waals surface area contributed by atoms with Gasteiger partial charge in [-0.1, -0.05) is 206 Å². The van der Waals surface area contributed by atoms with Gasteiger partial charge in [0.05, 0.1) is 6.61 Å². The fraction of sp³-hybridized carbons (Fsp3) is 0.872. The van der Waals surface area contributed by atoms with E-state index in [0.717, 1.165) is 51.4 Å². The van der Waals surface area contributed by atoms with E-state index in [-0.39, 0.29) is 18.5 Å². The normalized spacial score (nSPS) is 12.3. The topological polar surface area (TPSA) is 61.8 Å². The van der Waals surface area contributed by atoms with Crippen LogP contribution in [0.5, 0.6) is 0 Å². The Balaban J connectivity index is 4.24. The number of hydrogen-bond acceptors (Lipinski definition) is 5. The summed E-state index contributed by atoms with van der Waals surface area (Å²) in [6.07, 6.45) is 48.8. The van der Waals surface area contributed by atoms with E-state index in [1.54, 1.807) is 0 Å². The van der Waals surface area contributed by atoms with Crippen LogP contribution in [0.4, 0.5) is 0 Å². The first-order chi connectivity index (χ1) is 25.6. The molecule has 0 aliphatic rings. The molecular formula is C47H88O5. The van der Waals surface area contributed by atoms with Crippen molar-refractivity contribution in [2.75, 3.05) is 19.8 Å². The van der Waals surface area contributed by atoms with Crippen molar-refractivity contribution in [2.45, 2.75) is 245 Å². The Morgan fingerprint density at radius 2 is 0.846 bits per heavy atom. The lowest BCUT2D eigenvalue weighted by molar-refractivity contribution is -0.163. The second-order valence-electron chi connectivity index (χ2n) is 15.3. The summed E-state index contributed by atoms with van der Waals surface area (Å²) in [4.78, 5) is 25.2. The van der Waals surface area contributed by atoms with Crippen LogP contribution >= 0.6 is 0 Å². The summed E-state index contributed by atoms with van der Waals surface area (Å²) < 4.78 is 17.3. The fourth-order valence-corrected chi connectivity index (χ4v) is 6.55. The molecule has 5 heteroatoms. The van der Waals surface area contributed by atoms with E-state index in [2.05, 4.69) is 45.1 Å². The van der Waals surface area contributed by atoms with Crippen molar-refractivity contribution < 1.29 is 23.8 Å². The number of rotatable bonds is 42. The number of hydrogen-bond donors (Lipinski definition) is 0. The van der Waals surface area contributed by atoms with Crippen LogP contribution in [0.1, 0.15) is 239 Å². The summed E-state index contributed by atoms with van der Waals surface area (Å²) in [5.41, 5.74) is 0. The standard InChI is InChI=1S/C47H88O5/c1-4-7-10-13-16-19-22-24-26-28-31-34-37-40-46(48)51-44-45(43-50-42-39-36-33-30-27-23-20-17-14-11-8-5-2)52-47(49)41-38-35-32-29-25-21-18-15-12-9-6-3/h10,13,19,22,45H,4-9,11-12,14-18,20-21,23-44H2,1-3H3/b13-10-,22-19-. The van der Waals surface area contributed by atoms with E-state index < -0.39 is 6.10 Å². The van der Waals surface area contributed by atoms with Gasteiger partial charge in [-0.3, -0.25) is 9.59 Å². The van der Waals surface area contributed by atoms with Crippen molar-refractivity contribution in [3.8, 4) is 0 Å². The van der Waals surface area contributed by atoms with Crippen LogP contribution in [0.2, 0.25) is 0 Å². The Morgan fingerprint density at radius 1 is 0.423 bits per heavy atom. The minimum absolute atomic E-state index is 0.0846. The van der Waals surface area contributed by atoms with Crippen LogP contribution in [0.15, 0.2) is 24.3 Å². The minimum atomic E-state index is -0.531. The average Bonchev–Trinajstić information content (AvgIpc) is 3.14. The number of unbranched alkanes of at least 4 members (excludes halogenated alkanes) is 27. The molecular weight excluding hydrogens is 645 g/mol. The zero-order valence-electron chi connectivity index (χ0n) is 35.1. The van der Waals surface area contributed by atoms with E-state index in [0.29, 0.717) is 26.1 Å². The van der Waals surface area contributed by atoms with Crippen LogP contribution in [0.25, 0.3) is 0 Å². The van der Waals surface area contributed by atoms with Gasteiger partial charge in [-0.25, -0.2) is 0 Å². The highest BCUT2D eigenvalue weighted by molar-refractivity contribution is 5.70. The Kier molecular flexibility index (Phi) is 42.4. The highest BCUT2D eigenvalue weighted by Gasteiger charge is 2.17. The highest BCUT2D eigenvalue weighted by atomic mass is 16.6. The maximum Gasteiger partial charge on any atom is 0.306 e. The molecule has 0 N–H and O–H groups in total. The zero-order valence-corrected chi connectivity index (χ0v) is 35.1. The molecule has 52 heavy (non-hydrogen) atoms. The number of ether oxygens (including phenoxy) is 3. The first-order valence-electron chi connectivity index (χ1n) is 22.9. The van der Waals surface area contributed by atoms with E-state index >= 15 is 0 Å². The predicted octanol–water partition coefficient (Wildman–Crippen LogP) is 14.9. The smallest absolute Gasteiger partial charge is 0.306 e. The van der Waals surface area contributed by atoms with Crippen molar-refractivity contribution in [1.29, 1.82) is 0 Å². The van der Waals surface area contributed by atoms with Gasteiger partial charge in [0.1, 0.15) is 6.61 Å². The summed E-state index contributed by atoms with van der Waals surface area (Å²) in [7, 11) is 0. The Hall–Kier alpha value is -1.62. The summed E-state index contributed by atoms with van der Waals surface area (Å²) in [6, 6.07) is 0. The number of carbonyl (C=O) groups excluding carboxylic acids is 2. The predicted molar refractivity (Wildman–Crippen MR) is 224 cm³/mol. The lowest BCUT2D eigenvalue weighted by Crippen LogP contribution is -2.30. The van der Waals surface area contributed by atoms with Gasteiger partial charge in [0.15, 0.2) is 6.10 Å². The molecule has 0 amide bonds. The molecule has 306 valence electrons. The molecule has 5 nitrogen and oxygen atoms in total. The molecule has 0 saturated carbocycles. The maximum absolute atomic E-state index is 12.7. The Bertz CT molecular complexity index is 791. The van der Waals surface area contributed by atoms with Gasteiger partial charge >= 0.3 is 11.9 Å². The van der Waals surface area contributed by atoms with Crippen molar-refractivity contribution in [1.82, 2.24) is 0 Å². The zero-order chi connectivity index (χ0) is 37.8. The molecule has 0 aromatic rings.